The first-order chi connectivity index (χ1) is 13.1. The summed E-state index contributed by atoms with van der Waals surface area (Å²) in [6.45, 7) is 4.95. The summed E-state index contributed by atoms with van der Waals surface area (Å²) in [5, 5.41) is 10.7. The molecule has 4 heteroatoms. The summed E-state index contributed by atoms with van der Waals surface area (Å²) in [6.07, 6.45) is 4.35. The summed E-state index contributed by atoms with van der Waals surface area (Å²) >= 11 is 0. The quantitative estimate of drug-likeness (QED) is 0.686. The van der Waals surface area contributed by atoms with Crippen LogP contribution < -0.4 is 4.74 Å². The molecular weight excluding hydrogens is 336 g/mol. The molecule has 3 aromatic rings. The maximum absolute atomic E-state index is 10.7. The topological polar surface area (TPSA) is 47.3 Å². The van der Waals surface area contributed by atoms with Gasteiger partial charge in [-0.3, -0.25) is 0 Å². The van der Waals surface area contributed by atoms with Gasteiger partial charge in [0, 0.05) is 5.92 Å². The number of nitrogens with zero attached hydrogens (tertiary/aromatic N) is 2. The van der Waals surface area contributed by atoms with E-state index in [0.29, 0.717) is 12.5 Å². The fourth-order valence-electron chi connectivity index (χ4n) is 4.04. The maximum Gasteiger partial charge on any atom is 0.119 e. The molecule has 1 atom stereocenters. The SMILES string of the molecule is Cc1ccc(OCC(O)Cn2c(C3CCCC3)nc3ccccc32)cc1C. The number of rotatable bonds is 6. The first-order valence-electron chi connectivity index (χ1n) is 9.95. The molecule has 0 saturated heterocycles. The Morgan fingerprint density at radius 1 is 1.11 bits per heavy atom. The number of fused-ring (bicyclic) bond motifs is 1. The summed E-state index contributed by atoms with van der Waals surface area (Å²) in [5.74, 6) is 2.44. The van der Waals surface area contributed by atoms with Crippen LogP contribution in [-0.2, 0) is 6.54 Å². The number of aryl methyl sites for hydroxylation is 2. The average molecular weight is 364 g/mol. The molecule has 0 amide bonds. The van der Waals surface area contributed by atoms with E-state index < -0.39 is 6.10 Å². The van der Waals surface area contributed by atoms with Gasteiger partial charge >= 0.3 is 0 Å². The van der Waals surface area contributed by atoms with Crippen LogP contribution in [0.1, 0.15) is 48.6 Å². The van der Waals surface area contributed by atoms with Gasteiger partial charge in [0.05, 0.1) is 17.6 Å². The van der Waals surface area contributed by atoms with Gasteiger partial charge in [-0.25, -0.2) is 4.98 Å². The van der Waals surface area contributed by atoms with Crippen molar-refractivity contribution < 1.29 is 9.84 Å². The Bertz CT molecular complexity index is 925. The lowest BCUT2D eigenvalue weighted by molar-refractivity contribution is 0.0924. The summed E-state index contributed by atoms with van der Waals surface area (Å²) < 4.78 is 8.05. The third-order valence-electron chi connectivity index (χ3n) is 5.72. The zero-order valence-corrected chi connectivity index (χ0v) is 16.2. The fourth-order valence-corrected chi connectivity index (χ4v) is 4.04. The molecule has 4 nitrogen and oxygen atoms in total. The van der Waals surface area contributed by atoms with Crippen molar-refractivity contribution in [3.63, 3.8) is 0 Å². The number of aromatic nitrogens is 2. The number of ether oxygens (including phenoxy) is 1. The van der Waals surface area contributed by atoms with Gasteiger partial charge in [0.2, 0.25) is 0 Å². The van der Waals surface area contributed by atoms with E-state index in [4.69, 9.17) is 9.72 Å². The molecule has 1 heterocycles. The number of aliphatic hydroxyl groups is 1. The van der Waals surface area contributed by atoms with E-state index in [1.807, 2.05) is 24.3 Å². The molecule has 4 rings (SSSR count). The maximum atomic E-state index is 10.7. The number of hydrogen-bond acceptors (Lipinski definition) is 3. The van der Waals surface area contributed by atoms with Crippen molar-refractivity contribution in [3.8, 4) is 5.75 Å². The lowest BCUT2D eigenvalue weighted by atomic mass is 10.1. The molecule has 0 spiro atoms. The summed E-state index contributed by atoms with van der Waals surface area (Å²) in [4.78, 5) is 4.90. The highest BCUT2D eigenvalue weighted by atomic mass is 16.5. The fraction of sp³-hybridized carbons (Fsp3) is 0.435. The Labute approximate surface area is 160 Å². The molecule has 0 bridgehead atoms. The van der Waals surface area contributed by atoms with Gasteiger partial charge in [0.15, 0.2) is 0 Å². The van der Waals surface area contributed by atoms with Crippen LogP contribution in [0.5, 0.6) is 5.75 Å². The molecule has 1 saturated carbocycles. The van der Waals surface area contributed by atoms with Crippen molar-refractivity contribution >= 4 is 11.0 Å². The van der Waals surface area contributed by atoms with Crippen molar-refractivity contribution in [2.45, 2.75) is 58.1 Å². The van der Waals surface area contributed by atoms with E-state index in [1.165, 1.54) is 36.8 Å². The van der Waals surface area contributed by atoms with Crippen molar-refractivity contribution in [2.24, 2.45) is 0 Å². The normalized spacial score (nSPS) is 16.1. The molecular formula is C23H28N2O2. The van der Waals surface area contributed by atoms with E-state index >= 15 is 0 Å². The van der Waals surface area contributed by atoms with Crippen molar-refractivity contribution in [3.05, 3.63) is 59.4 Å². The summed E-state index contributed by atoms with van der Waals surface area (Å²) in [5.41, 5.74) is 4.56. The van der Waals surface area contributed by atoms with E-state index in [-0.39, 0.29) is 6.61 Å². The Hall–Kier alpha value is -2.33. The van der Waals surface area contributed by atoms with Crippen LogP contribution in [0.2, 0.25) is 0 Å². The smallest absolute Gasteiger partial charge is 0.119 e. The van der Waals surface area contributed by atoms with Crippen LogP contribution in [-0.4, -0.2) is 27.4 Å². The zero-order valence-electron chi connectivity index (χ0n) is 16.2. The largest absolute Gasteiger partial charge is 0.491 e. The van der Waals surface area contributed by atoms with E-state index in [9.17, 15) is 5.11 Å². The number of aliphatic hydroxyl groups excluding tert-OH is 1. The second-order valence-corrected chi connectivity index (χ2v) is 7.76. The van der Waals surface area contributed by atoms with Gasteiger partial charge in [0.1, 0.15) is 24.3 Å². The highest BCUT2D eigenvalue weighted by molar-refractivity contribution is 5.76. The molecule has 27 heavy (non-hydrogen) atoms. The van der Waals surface area contributed by atoms with Crippen molar-refractivity contribution in [1.29, 1.82) is 0 Å². The third kappa shape index (κ3) is 3.86. The monoisotopic (exact) mass is 364 g/mol. The molecule has 1 fully saturated rings. The van der Waals surface area contributed by atoms with Gasteiger partial charge in [-0.15, -0.1) is 0 Å². The van der Waals surface area contributed by atoms with Gasteiger partial charge in [-0.2, -0.15) is 0 Å². The second kappa shape index (κ2) is 7.73. The predicted octanol–water partition coefficient (Wildman–Crippen LogP) is 4.75. The van der Waals surface area contributed by atoms with Crippen LogP contribution in [0.3, 0.4) is 0 Å². The Morgan fingerprint density at radius 2 is 1.89 bits per heavy atom. The molecule has 1 aromatic heterocycles. The third-order valence-corrected chi connectivity index (χ3v) is 5.72. The molecule has 2 aromatic carbocycles. The standard InChI is InChI=1S/C23H28N2O2/c1-16-11-12-20(13-17(16)2)27-15-19(26)14-25-22-10-6-5-9-21(22)24-23(25)18-7-3-4-8-18/h5-6,9-13,18-19,26H,3-4,7-8,14-15H2,1-2H3. The zero-order chi connectivity index (χ0) is 18.8. The van der Waals surface area contributed by atoms with Gasteiger partial charge in [-0.05, 0) is 62.1 Å². The number of benzene rings is 2. The van der Waals surface area contributed by atoms with Crippen LogP contribution in [0, 0.1) is 13.8 Å². The Balaban J connectivity index is 1.51. The first kappa shape index (κ1) is 18.1. The molecule has 0 radical (unpaired) electrons. The average Bonchev–Trinajstić information content (AvgIpc) is 3.31. The molecule has 1 N–H and O–H groups in total. The highest BCUT2D eigenvalue weighted by Gasteiger charge is 2.24. The van der Waals surface area contributed by atoms with Crippen LogP contribution in [0.15, 0.2) is 42.5 Å². The van der Waals surface area contributed by atoms with E-state index in [2.05, 4.69) is 36.6 Å². The van der Waals surface area contributed by atoms with Gasteiger partial charge in [-0.1, -0.05) is 31.0 Å². The molecule has 1 aliphatic rings. The Morgan fingerprint density at radius 3 is 2.67 bits per heavy atom. The minimum absolute atomic E-state index is 0.277. The summed E-state index contributed by atoms with van der Waals surface area (Å²) in [6, 6.07) is 14.3. The van der Waals surface area contributed by atoms with Gasteiger partial charge in [0.25, 0.3) is 0 Å². The van der Waals surface area contributed by atoms with E-state index in [0.717, 1.165) is 22.6 Å². The summed E-state index contributed by atoms with van der Waals surface area (Å²) in [7, 11) is 0. The predicted molar refractivity (Wildman–Crippen MR) is 108 cm³/mol. The molecule has 0 aliphatic heterocycles. The highest BCUT2D eigenvalue weighted by Crippen LogP contribution is 2.35. The van der Waals surface area contributed by atoms with Crippen molar-refractivity contribution in [2.75, 3.05) is 6.61 Å². The lowest BCUT2D eigenvalue weighted by Crippen LogP contribution is -2.25. The minimum atomic E-state index is -0.579. The van der Waals surface area contributed by atoms with Crippen LogP contribution >= 0.6 is 0 Å². The number of para-hydroxylation sites is 2. The molecule has 1 unspecified atom stereocenters. The first-order valence-corrected chi connectivity index (χ1v) is 9.95. The number of imidazole rings is 1. The van der Waals surface area contributed by atoms with Crippen molar-refractivity contribution in [1.82, 2.24) is 9.55 Å². The second-order valence-electron chi connectivity index (χ2n) is 7.76. The van der Waals surface area contributed by atoms with Gasteiger partial charge < -0.3 is 14.4 Å². The molecule has 142 valence electrons. The molecule has 1 aliphatic carbocycles. The van der Waals surface area contributed by atoms with E-state index in [1.54, 1.807) is 0 Å². The minimum Gasteiger partial charge on any atom is -0.491 e. The Kier molecular flexibility index (Phi) is 5.17. The van der Waals surface area contributed by atoms with Crippen LogP contribution in [0.25, 0.3) is 11.0 Å². The van der Waals surface area contributed by atoms with Crippen LogP contribution in [0.4, 0.5) is 0 Å². The number of hydrogen-bond donors (Lipinski definition) is 1. The lowest BCUT2D eigenvalue weighted by Gasteiger charge is -2.18.